The van der Waals surface area contributed by atoms with Crippen molar-refractivity contribution < 1.29 is 8.78 Å². The molecule has 0 spiro atoms. The molecule has 2 N–H and O–H groups in total. The molecule has 0 fully saturated rings. The smallest absolute Gasteiger partial charge is 0.146 e. The van der Waals surface area contributed by atoms with Crippen molar-refractivity contribution in [2.75, 3.05) is 6.54 Å². The van der Waals surface area contributed by atoms with Crippen molar-refractivity contribution in [1.29, 1.82) is 0 Å². The molecule has 1 aromatic carbocycles. The van der Waals surface area contributed by atoms with Crippen molar-refractivity contribution >= 4 is 15.9 Å². The number of nitrogens with one attached hydrogen (secondary N) is 2. The predicted molar refractivity (Wildman–Crippen MR) is 66.0 cm³/mol. The van der Waals surface area contributed by atoms with Crippen LogP contribution >= 0.6 is 15.9 Å². The van der Waals surface area contributed by atoms with Gasteiger partial charge in [-0.3, -0.25) is 5.10 Å². The second-order valence-corrected chi connectivity index (χ2v) is 4.47. The van der Waals surface area contributed by atoms with Gasteiger partial charge in [-0.1, -0.05) is 6.92 Å². The van der Waals surface area contributed by atoms with E-state index in [-0.39, 0.29) is 10.0 Å². The standard InChI is InChI=1S/C11H11BrF2N4/c1-2-15-10(11-16-5-17-18-11)8-7(13)4-3-6(12)9(8)14/h3-5,10,15H,2H2,1H3,(H,16,17,18). The molecule has 0 aliphatic heterocycles. The van der Waals surface area contributed by atoms with E-state index in [0.717, 1.165) is 0 Å². The molecule has 2 aromatic rings. The van der Waals surface area contributed by atoms with Gasteiger partial charge in [-0.2, -0.15) is 5.10 Å². The summed E-state index contributed by atoms with van der Waals surface area (Å²) in [7, 11) is 0. The lowest BCUT2D eigenvalue weighted by Gasteiger charge is -2.17. The molecule has 0 radical (unpaired) electrons. The fourth-order valence-corrected chi connectivity index (χ4v) is 2.05. The topological polar surface area (TPSA) is 53.6 Å². The van der Waals surface area contributed by atoms with E-state index in [1.165, 1.54) is 18.5 Å². The van der Waals surface area contributed by atoms with Gasteiger partial charge in [0.1, 0.15) is 23.8 Å². The summed E-state index contributed by atoms with van der Waals surface area (Å²) in [6.45, 7) is 2.38. The molecule has 0 amide bonds. The van der Waals surface area contributed by atoms with Crippen molar-refractivity contribution in [3.05, 3.63) is 46.0 Å². The van der Waals surface area contributed by atoms with Crippen LogP contribution in [0.5, 0.6) is 0 Å². The van der Waals surface area contributed by atoms with Crippen LogP contribution in [0.1, 0.15) is 24.4 Å². The van der Waals surface area contributed by atoms with Crippen LogP contribution in [-0.4, -0.2) is 21.7 Å². The molecular formula is C11H11BrF2N4. The number of aromatic nitrogens is 3. The predicted octanol–water partition coefficient (Wildman–Crippen LogP) is 2.54. The Kier molecular flexibility index (Phi) is 4.03. The Morgan fingerprint density at radius 1 is 1.44 bits per heavy atom. The van der Waals surface area contributed by atoms with Crippen LogP contribution in [-0.2, 0) is 0 Å². The lowest BCUT2D eigenvalue weighted by Crippen LogP contribution is -2.25. The number of nitrogens with zero attached hydrogens (tertiary/aromatic N) is 2. The zero-order chi connectivity index (χ0) is 13.1. The molecule has 1 unspecified atom stereocenters. The van der Waals surface area contributed by atoms with Gasteiger partial charge in [0.15, 0.2) is 0 Å². The monoisotopic (exact) mass is 316 g/mol. The molecule has 18 heavy (non-hydrogen) atoms. The number of halogens is 3. The summed E-state index contributed by atoms with van der Waals surface area (Å²) in [5, 5.41) is 9.30. The van der Waals surface area contributed by atoms with Crippen molar-refractivity contribution in [2.24, 2.45) is 0 Å². The first-order valence-corrected chi connectivity index (χ1v) is 6.16. The fourth-order valence-electron chi connectivity index (χ4n) is 1.70. The minimum absolute atomic E-state index is 0.0806. The summed E-state index contributed by atoms with van der Waals surface area (Å²) < 4.78 is 28.1. The molecule has 4 nitrogen and oxygen atoms in total. The van der Waals surface area contributed by atoms with Gasteiger partial charge in [0.05, 0.1) is 10.5 Å². The van der Waals surface area contributed by atoms with Gasteiger partial charge in [0.2, 0.25) is 0 Å². The normalized spacial score (nSPS) is 12.7. The van der Waals surface area contributed by atoms with E-state index in [1.807, 2.05) is 6.92 Å². The number of hydrogen-bond donors (Lipinski definition) is 2. The van der Waals surface area contributed by atoms with Gasteiger partial charge in [-0.15, -0.1) is 0 Å². The van der Waals surface area contributed by atoms with E-state index in [1.54, 1.807) is 0 Å². The van der Waals surface area contributed by atoms with Crippen molar-refractivity contribution in [2.45, 2.75) is 13.0 Å². The lowest BCUT2D eigenvalue weighted by atomic mass is 10.0. The molecule has 1 atom stereocenters. The Balaban J connectivity index is 2.52. The maximum absolute atomic E-state index is 14.0. The molecule has 0 saturated heterocycles. The summed E-state index contributed by atoms with van der Waals surface area (Å²) >= 11 is 3.05. The van der Waals surface area contributed by atoms with Crippen LogP contribution < -0.4 is 5.32 Å². The zero-order valence-corrected chi connectivity index (χ0v) is 11.1. The van der Waals surface area contributed by atoms with Gasteiger partial charge in [-0.25, -0.2) is 13.8 Å². The Morgan fingerprint density at radius 2 is 2.22 bits per heavy atom. The number of rotatable bonds is 4. The second-order valence-electron chi connectivity index (χ2n) is 3.62. The van der Waals surface area contributed by atoms with E-state index >= 15 is 0 Å². The number of aromatic amines is 1. The summed E-state index contributed by atoms with van der Waals surface area (Å²) in [5.41, 5.74) is -0.0806. The summed E-state index contributed by atoms with van der Waals surface area (Å²) in [4.78, 5) is 3.95. The average Bonchev–Trinajstić information content (AvgIpc) is 2.87. The Morgan fingerprint density at radius 3 is 2.83 bits per heavy atom. The maximum Gasteiger partial charge on any atom is 0.146 e. The van der Waals surface area contributed by atoms with Crippen LogP contribution in [0.2, 0.25) is 0 Å². The molecule has 0 bridgehead atoms. The molecule has 0 aliphatic rings. The van der Waals surface area contributed by atoms with E-state index in [4.69, 9.17) is 0 Å². The van der Waals surface area contributed by atoms with Crippen molar-refractivity contribution in [3.63, 3.8) is 0 Å². The van der Waals surface area contributed by atoms with Gasteiger partial charge >= 0.3 is 0 Å². The van der Waals surface area contributed by atoms with Crippen LogP contribution in [0.4, 0.5) is 8.78 Å². The molecule has 96 valence electrons. The van der Waals surface area contributed by atoms with E-state index in [0.29, 0.717) is 12.4 Å². The second kappa shape index (κ2) is 5.53. The van der Waals surface area contributed by atoms with Crippen molar-refractivity contribution in [1.82, 2.24) is 20.5 Å². The quantitative estimate of drug-likeness (QED) is 0.852. The minimum Gasteiger partial charge on any atom is -0.304 e. The molecule has 0 aliphatic carbocycles. The third kappa shape index (κ3) is 2.41. The highest BCUT2D eigenvalue weighted by Gasteiger charge is 2.24. The SMILES string of the molecule is CCNC(c1ncn[nH]1)c1c(F)ccc(Br)c1F. The lowest BCUT2D eigenvalue weighted by molar-refractivity contribution is 0.497. The first-order chi connectivity index (χ1) is 8.65. The summed E-state index contributed by atoms with van der Waals surface area (Å²) in [6, 6.07) is 1.84. The first-order valence-electron chi connectivity index (χ1n) is 5.37. The van der Waals surface area contributed by atoms with Crippen molar-refractivity contribution in [3.8, 4) is 0 Å². The molecule has 0 saturated carbocycles. The number of H-pyrrole nitrogens is 1. The van der Waals surface area contributed by atoms with Gasteiger partial charge in [-0.05, 0) is 34.6 Å². The third-order valence-corrected chi connectivity index (χ3v) is 3.10. The third-order valence-electron chi connectivity index (χ3n) is 2.48. The Hall–Kier alpha value is -1.34. The van der Waals surface area contributed by atoms with E-state index < -0.39 is 17.7 Å². The average molecular weight is 317 g/mol. The summed E-state index contributed by atoms with van der Waals surface area (Å²) in [5.74, 6) is -0.900. The highest BCUT2D eigenvalue weighted by atomic mass is 79.9. The van der Waals surface area contributed by atoms with E-state index in [2.05, 4.69) is 36.4 Å². The van der Waals surface area contributed by atoms with Crippen LogP contribution in [0.25, 0.3) is 0 Å². The highest BCUT2D eigenvalue weighted by Crippen LogP contribution is 2.29. The van der Waals surface area contributed by atoms with Crippen LogP contribution in [0.15, 0.2) is 22.9 Å². The first kappa shape index (κ1) is 13.1. The number of benzene rings is 1. The molecular weight excluding hydrogens is 306 g/mol. The van der Waals surface area contributed by atoms with Gasteiger partial charge < -0.3 is 5.32 Å². The van der Waals surface area contributed by atoms with Gasteiger partial charge in [0, 0.05) is 5.56 Å². The Labute approximate surface area is 111 Å². The molecule has 1 heterocycles. The molecule has 7 heteroatoms. The fraction of sp³-hybridized carbons (Fsp3) is 0.273. The maximum atomic E-state index is 14.0. The minimum atomic E-state index is -0.699. The number of hydrogen-bond acceptors (Lipinski definition) is 3. The van der Waals surface area contributed by atoms with Crippen LogP contribution in [0.3, 0.4) is 0 Å². The Bertz CT molecular complexity index is 530. The highest BCUT2D eigenvalue weighted by molar-refractivity contribution is 9.10. The van der Waals surface area contributed by atoms with Gasteiger partial charge in [0.25, 0.3) is 0 Å². The van der Waals surface area contributed by atoms with Crippen LogP contribution in [0, 0.1) is 11.6 Å². The summed E-state index contributed by atoms with van der Waals surface area (Å²) in [6.07, 6.45) is 1.30. The zero-order valence-electron chi connectivity index (χ0n) is 9.54. The molecule has 1 aromatic heterocycles. The molecule has 2 rings (SSSR count). The van der Waals surface area contributed by atoms with E-state index in [9.17, 15) is 8.78 Å². The largest absolute Gasteiger partial charge is 0.304 e.